The minimum Gasteiger partial charge on any atom is -0.322 e. The van der Waals surface area contributed by atoms with Crippen LogP contribution in [0.4, 0.5) is 10.1 Å². The van der Waals surface area contributed by atoms with Gasteiger partial charge in [-0.25, -0.2) is 4.39 Å². The summed E-state index contributed by atoms with van der Waals surface area (Å²) in [6.07, 6.45) is 0. The maximum atomic E-state index is 12.1. The van der Waals surface area contributed by atoms with Crippen LogP contribution in [-0.4, -0.2) is 11.6 Å². The Bertz CT molecular complexity index is 300. The molecule has 0 saturated heterocycles. The van der Waals surface area contributed by atoms with Gasteiger partial charge in [0.05, 0.1) is 11.0 Å². The molecule has 0 aliphatic heterocycles. The smallest absolute Gasteiger partial charge is 0.269 e. The molecule has 0 fully saturated rings. The summed E-state index contributed by atoms with van der Waals surface area (Å²) in [4.78, 5) is 9.74. The number of rotatable bonds is 3. The highest BCUT2D eigenvalue weighted by Crippen LogP contribution is 2.16. The van der Waals surface area contributed by atoms with Gasteiger partial charge in [-0.15, -0.1) is 0 Å². The second kappa shape index (κ2) is 3.95. The molecular formula is C8H9FN2O2. The Morgan fingerprint density at radius 1 is 1.46 bits per heavy atom. The largest absolute Gasteiger partial charge is 0.322 e. The summed E-state index contributed by atoms with van der Waals surface area (Å²) in [6.45, 7) is -0.669. The Morgan fingerprint density at radius 2 is 2.00 bits per heavy atom. The van der Waals surface area contributed by atoms with Crippen molar-refractivity contribution in [3.05, 3.63) is 39.9 Å². The molecule has 2 N–H and O–H groups in total. The summed E-state index contributed by atoms with van der Waals surface area (Å²) >= 11 is 0. The fourth-order valence-electron chi connectivity index (χ4n) is 0.932. The minimum absolute atomic E-state index is 0.0187. The van der Waals surface area contributed by atoms with Crippen molar-refractivity contribution in [2.24, 2.45) is 5.73 Å². The molecule has 13 heavy (non-hydrogen) atoms. The van der Waals surface area contributed by atoms with Crippen molar-refractivity contribution >= 4 is 5.69 Å². The van der Waals surface area contributed by atoms with E-state index in [1.807, 2.05) is 0 Å². The number of nitro benzene ring substituents is 1. The molecule has 1 aromatic rings. The van der Waals surface area contributed by atoms with E-state index in [4.69, 9.17) is 5.73 Å². The average Bonchev–Trinajstić information content (AvgIpc) is 2.17. The van der Waals surface area contributed by atoms with Crippen molar-refractivity contribution in [2.75, 3.05) is 6.67 Å². The van der Waals surface area contributed by atoms with Crippen LogP contribution in [0.1, 0.15) is 11.6 Å². The van der Waals surface area contributed by atoms with Crippen LogP contribution in [0.2, 0.25) is 0 Å². The third kappa shape index (κ3) is 2.22. The first kappa shape index (κ1) is 9.60. The lowest BCUT2D eigenvalue weighted by Crippen LogP contribution is -2.11. The van der Waals surface area contributed by atoms with Crippen molar-refractivity contribution in [1.29, 1.82) is 0 Å². The van der Waals surface area contributed by atoms with Gasteiger partial charge in [0.2, 0.25) is 0 Å². The fourth-order valence-corrected chi connectivity index (χ4v) is 0.932. The monoisotopic (exact) mass is 184 g/mol. The van der Waals surface area contributed by atoms with Gasteiger partial charge in [0.1, 0.15) is 6.67 Å². The molecule has 1 aromatic carbocycles. The van der Waals surface area contributed by atoms with E-state index in [9.17, 15) is 14.5 Å². The molecule has 5 heteroatoms. The van der Waals surface area contributed by atoms with Crippen LogP contribution in [-0.2, 0) is 0 Å². The highest BCUT2D eigenvalue weighted by atomic mass is 19.1. The van der Waals surface area contributed by atoms with Crippen LogP contribution >= 0.6 is 0 Å². The van der Waals surface area contributed by atoms with E-state index < -0.39 is 17.6 Å². The molecule has 0 heterocycles. The molecule has 70 valence electrons. The van der Waals surface area contributed by atoms with Gasteiger partial charge in [0.25, 0.3) is 5.69 Å². The standard InChI is InChI=1S/C8H9FN2O2/c9-5-8(10)6-1-3-7(4-2-6)11(12)13/h1-4,8H,5,10H2. The zero-order chi connectivity index (χ0) is 9.84. The predicted octanol–water partition coefficient (Wildman–Crippen LogP) is 1.56. The molecule has 0 amide bonds. The van der Waals surface area contributed by atoms with Crippen molar-refractivity contribution in [1.82, 2.24) is 0 Å². The van der Waals surface area contributed by atoms with E-state index in [1.165, 1.54) is 24.3 Å². The zero-order valence-corrected chi connectivity index (χ0v) is 6.81. The minimum atomic E-state index is -0.694. The van der Waals surface area contributed by atoms with Crippen LogP contribution in [0.25, 0.3) is 0 Å². The summed E-state index contributed by atoms with van der Waals surface area (Å²) in [5.74, 6) is 0. The first-order valence-electron chi connectivity index (χ1n) is 3.71. The average molecular weight is 184 g/mol. The highest BCUT2D eigenvalue weighted by Gasteiger charge is 2.08. The van der Waals surface area contributed by atoms with E-state index in [0.717, 1.165) is 0 Å². The van der Waals surface area contributed by atoms with Gasteiger partial charge in [-0.1, -0.05) is 12.1 Å². The van der Waals surface area contributed by atoms with Gasteiger partial charge < -0.3 is 5.73 Å². The molecule has 1 unspecified atom stereocenters. The summed E-state index contributed by atoms with van der Waals surface area (Å²) in [6, 6.07) is 4.85. The van der Waals surface area contributed by atoms with E-state index in [-0.39, 0.29) is 5.69 Å². The molecule has 0 saturated carbocycles. The number of non-ortho nitro benzene ring substituents is 1. The summed E-state index contributed by atoms with van der Waals surface area (Å²) in [7, 11) is 0. The van der Waals surface area contributed by atoms with Gasteiger partial charge in [-0.3, -0.25) is 10.1 Å². The molecule has 0 aromatic heterocycles. The molecule has 1 rings (SSSR count). The lowest BCUT2D eigenvalue weighted by atomic mass is 10.1. The number of nitrogens with zero attached hydrogens (tertiary/aromatic N) is 1. The van der Waals surface area contributed by atoms with E-state index in [1.54, 1.807) is 0 Å². The number of hydrogen-bond donors (Lipinski definition) is 1. The fraction of sp³-hybridized carbons (Fsp3) is 0.250. The topological polar surface area (TPSA) is 69.2 Å². The maximum absolute atomic E-state index is 12.1. The van der Waals surface area contributed by atoms with E-state index in [0.29, 0.717) is 5.56 Å². The molecule has 0 aliphatic carbocycles. The highest BCUT2D eigenvalue weighted by molar-refractivity contribution is 5.34. The summed E-state index contributed by atoms with van der Waals surface area (Å²) in [5, 5.41) is 10.3. The maximum Gasteiger partial charge on any atom is 0.269 e. The van der Waals surface area contributed by atoms with Gasteiger partial charge in [-0.2, -0.15) is 0 Å². The third-order valence-corrected chi connectivity index (χ3v) is 1.70. The molecule has 1 atom stereocenters. The Balaban J connectivity index is 2.87. The first-order chi connectivity index (χ1) is 6.15. The number of nitro groups is 1. The summed E-state index contributed by atoms with van der Waals surface area (Å²) < 4.78 is 12.1. The Hall–Kier alpha value is -1.49. The lowest BCUT2D eigenvalue weighted by Gasteiger charge is -2.05. The van der Waals surface area contributed by atoms with Gasteiger partial charge in [-0.05, 0) is 5.56 Å². The van der Waals surface area contributed by atoms with Crippen LogP contribution in [0, 0.1) is 10.1 Å². The molecule has 0 bridgehead atoms. The quantitative estimate of drug-likeness (QED) is 0.572. The van der Waals surface area contributed by atoms with Crippen LogP contribution in [0.3, 0.4) is 0 Å². The normalized spacial score (nSPS) is 12.5. The molecule has 0 spiro atoms. The van der Waals surface area contributed by atoms with Crippen LogP contribution < -0.4 is 5.73 Å². The predicted molar refractivity (Wildman–Crippen MR) is 46.0 cm³/mol. The van der Waals surface area contributed by atoms with Crippen LogP contribution in [0.15, 0.2) is 24.3 Å². The second-order valence-electron chi connectivity index (χ2n) is 2.61. The Kier molecular flexibility index (Phi) is 2.92. The molecule has 0 aliphatic rings. The number of alkyl halides is 1. The number of benzene rings is 1. The Morgan fingerprint density at radius 3 is 2.38 bits per heavy atom. The van der Waals surface area contributed by atoms with Crippen molar-refractivity contribution in [3.63, 3.8) is 0 Å². The van der Waals surface area contributed by atoms with Gasteiger partial charge >= 0.3 is 0 Å². The number of hydrogen-bond acceptors (Lipinski definition) is 3. The molecule has 4 nitrogen and oxygen atoms in total. The molecule has 0 radical (unpaired) electrons. The van der Waals surface area contributed by atoms with Crippen LogP contribution in [0.5, 0.6) is 0 Å². The van der Waals surface area contributed by atoms with Gasteiger partial charge in [0.15, 0.2) is 0 Å². The number of halogens is 1. The third-order valence-electron chi connectivity index (χ3n) is 1.70. The Labute approximate surface area is 74.3 Å². The van der Waals surface area contributed by atoms with Crippen molar-refractivity contribution < 1.29 is 9.31 Å². The lowest BCUT2D eigenvalue weighted by molar-refractivity contribution is -0.384. The van der Waals surface area contributed by atoms with Crippen molar-refractivity contribution in [3.8, 4) is 0 Å². The second-order valence-corrected chi connectivity index (χ2v) is 2.61. The first-order valence-corrected chi connectivity index (χ1v) is 3.71. The van der Waals surface area contributed by atoms with E-state index >= 15 is 0 Å². The molecular weight excluding hydrogens is 175 g/mol. The SMILES string of the molecule is NC(CF)c1ccc([N+](=O)[O-])cc1. The summed E-state index contributed by atoms with van der Waals surface area (Å²) in [5.41, 5.74) is 5.92. The zero-order valence-electron chi connectivity index (χ0n) is 6.81. The van der Waals surface area contributed by atoms with Crippen molar-refractivity contribution in [2.45, 2.75) is 6.04 Å². The van der Waals surface area contributed by atoms with E-state index in [2.05, 4.69) is 0 Å². The number of nitrogens with two attached hydrogens (primary N) is 1. The van der Waals surface area contributed by atoms with Gasteiger partial charge in [0, 0.05) is 12.1 Å².